The van der Waals surface area contributed by atoms with Crippen molar-refractivity contribution in [2.45, 2.75) is 44.1 Å². The van der Waals surface area contributed by atoms with E-state index in [1.54, 1.807) is 6.92 Å². The molecule has 0 saturated heterocycles. The lowest BCUT2D eigenvalue weighted by molar-refractivity contribution is -0.137. The summed E-state index contributed by atoms with van der Waals surface area (Å²) in [6.07, 6.45) is -3.56. The first kappa shape index (κ1) is 21.4. The molecule has 2 aliphatic carbocycles. The maximum atomic E-state index is 13.1. The molecule has 166 valence electrons. The van der Waals surface area contributed by atoms with Gasteiger partial charge in [0.25, 0.3) is 11.8 Å². The van der Waals surface area contributed by atoms with Gasteiger partial charge in [-0.25, -0.2) is 0 Å². The van der Waals surface area contributed by atoms with Crippen LogP contribution in [0.1, 0.15) is 57.9 Å². The number of aliphatic hydroxyl groups excluding tert-OH is 1. The minimum absolute atomic E-state index is 0.00195. The highest BCUT2D eigenvalue weighted by Crippen LogP contribution is 2.52. The van der Waals surface area contributed by atoms with Crippen LogP contribution in [0, 0.1) is 11.8 Å². The topological polar surface area (TPSA) is 96.3 Å². The number of nitrogens with zero attached hydrogens (tertiary/aromatic N) is 2. The molecule has 10 heteroatoms. The first-order valence-corrected chi connectivity index (χ1v) is 10.1. The summed E-state index contributed by atoms with van der Waals surface area (Å²) < 4.78 is 40.7. The van der Waals surface area contributed by atoms with Gasteiger partial charge in [0.2, 0.25) is 0 Å². The SMILES string of the molecule is CNC(=O)c1cc(C(=O)N[C@H]2[C@@H]3C[C@@H](O)C[C@@H]32)n([C@@H](C)c2cccc(C(F)(F)F)c2)n1. The van der Waals surface area contributed by atoms with Crippen molar-refractivity contribution in [3.05, 3.63) is 52.8 Å². The Hall–Kier alpha value is -2.88. The van der Waals surface area contributed by atoms with Gasteiger partial charge >= 0.3 is 6.18 Å². The normalized spacial score (nSPS) is 25.6. The Morgan fingerprint density at radius 1 is 1.19 bits per heavy atom. The zero-order valence-corrected chi connectivity index (χ0v) is 17.0. The van der Waals surface area contributed by atoms with Gasteiger partial charge in [0, 0.05) is 19.2 Å². The van der Waals surface area contributed by atoms with Gasteiger partial charge in [-0.15, -0.1) is 0 Å². The summed E-state index contributed by atoms with van der Waals surface area (Å²) in [5, 5.41) is 19.2. The summed E-state index contributed by atoms with van der Waals surface area (Å²) in [5.41, 5.74) is -0.403. The number of rotatable bonds is 5. The van der Waals surface area contributed by atoms with Crippen LogP contribution >= 0.6 is 0 Å². The molecule has 0 radical (unpaired) electrons. The lowest BCUT2D eigenvalue weighted by Crippen LogP contribution is -2.32. The molecule has 2 aliphatic rings. The van der Waals surface area contributed by atoms with Crippen LogP contribution in [-0.2, 0) is 6.18 Å². The summed E-state index contributed by atoms with van der Waals surface area (Å²) in [5.74, 6) is -0.491. The average molecular weight is 436 g/mol. The van der Waals surface area contributed by atoms with Crippen LogP contribution in [0.2, 0.25) is 0 Å². The van der Waals surface area contributed by atoms with E-state index in [-0.39, 0.29) is 35.4 Å². The molecule has 0 aliphatic heterocycles. The van der Waals surface area contributed by atoms with E-state index in [9.17, 15) is 27.9 Å². The number of alkyl halides is 3. The molecule has 2 saturated carbocycles. The van der Waals surface area contributed by atoms with Crippen molar-refractivity contribution in [3.8, 4) is 0 Å². The standard InChI is InChI=1S/C21H23F3N4O3/c1-10(11-4-3-5-12(6-11)21(22,23)24)28-17(9-16(27-28)19(30)25-2)20(31)26-18-14-7-13(29)8-15(14)18/h3-6,9-10,13-15,18,29H,7-8H2,1-2H3,(H,25,30)(H,26,31)/t10-,13-,14-,15+,18+/m0/s1. The lowest BCUT2D eigenvalue weighted by atomic mass is 10.0. The molecule has 0 unspecified atom stereocenters. The van der Waals surface area contributed by atoms with E-state index in [0.29, 0.717) is 18.4 Å². The van der Waals surface area contributed by atoms with Gasteiger partial charge in [0.05, 0.1) is 17.7 Å². The van der Waals surface area contributed by atoms with Crippen LogP contribution in [0.3, 0.4) is 0 Å². The Labute approximate surface area is 176 Å². The number of aliphatic hydroxyl groups is 1. The number of halogens is 3. The fourth-order valence-electron chi connectivity index (χ4n) is 4.47. The van der Waals surface area contributed by atoms with E-state index in [2.05, 4.69) is 15.7 Å². The second-order valence-corrected chi connectivity index (χ2v) is 8.19. The van der Waals surface area contributed by atoms with Crippen molar-refractivity contribution in [2.75, 3.05) is 7.05 Å². The lowest BCUT2D eigenvalue weighted by Gasteiger charge is -2.18. The third kappa shape index (κ3) is 4.04. The Morgan fingerprint density at radius 2 is 1.87 bits per heavy atom. The van der Waals surface area contributed by atoms with Gasteiger partial charge in [-0.2, -0.15) is 18.3 Å². The summed E-state index contributed by atoms with van der Waals surface area (Å²) in [6, 6.07) is 5.38. The number of hydrogen-bond acceptors (Lipinski definition) is 4. The number of amides is 2. The second kappa shape index (κ2) is 7.67. The summed E-state index contributed by atoms with van der Waals surface area (Å²) in [7, 11) is 1.42. The molecule has 5 atom stereocenters. The molecule has 1 aromatic carbocycles. The first-order valence-electron chi connectivity index (χ1n) is 10.1. The molecule has 4 rings (SSSR count). The molecule has 1 heterocycles. The van der Waals surface area contributed by atoms with Gasteiger partial charge in [0.1, 0.15) is 5.69 Å². The van der Waals surface area contributed by atoms with Crippen molar-refractivity contribution in [2.24, 2.45) is 11.8 Å². The zero-order valence-electron chi connectivity index (χ0n) is 17.0. The predicted molar refractivity (Wildman–Crippen MR) is 104 cm³/mol. The minimum Gasteiger partial charge on any atom is -0.393 e. The van der Waals surface area contributed by atoms with Gasteiger partial charge in [-0.05, 0) is 49.3 Å². The maximum absolute atomic E-state index is 13.1. The van der Waals surface area contributed by atoms with Crippen molar-refractivity contribution in [1.29, 1.82) is 0 Å². The van der Waals surface area contributed by atoms with Gasteiger partial charge in [-0.1, -0.05) is 12.1 Å². The Morgan fingerprint density at radius 3 is 2.48 bits per heavy atom. The third-order valence-corrected chi connectivity index (χ3v) is 6.21. The average Bonchev–Trinajstić information content (AvgIpc) is 3.10. The molecular weight excluding hydrogens is 413 g/mol. The first-order chi connectivity index (χ1) is 14.6. The minimum atomic E-state index is -4.50. The second-order valence-electron chi connectivity index (χ2n) is 8.19. The van der Waals surface area contributed by atoms with Crippen molar-refractivity contribution in [3.63, 3.8) is 0 Å². The third-order valence-electron chi connectivity index (χ3n) is 6.21. The Kier molecular flexibility index (Phi) is 5.28. The van der Waals surface area contributed by atoms with E-state index in [1.807, 2.05) is 0 Å². The zero-order chi connectivity index (χ0) is 22.5. The molecule has 0 spiro atoms. The monoisotopic (exact) mass is 436 g/mol. The molecule has 3 N–H and O–H groups in total. The number of fused-ring (bicyclic) bond motifs is 1. The van der Waals surface area contributed by atoms with E-state index in [0.717, 1.165) is 12.1 Å². The maximum Gasteiger partial charge on any atom is 0.416 e. The number of benzene rings is 1. The summed E-state index contributed by atoms with van der Waals surface area (Å²) >= 11 is 0. The van der Waals surface area contributed by atoms with Crippen molar-refractivity contribution in [1.82, 2.24) is 20.4 Å². The number of carbonyl (C=O) groups excluding carboxylic acids is 2. The van der Waals surface area contributed by atoms with Crippen LogP contribution in [-0.4, -0.2) is 45.9 Å². The molecular formula is C21H23F3N4O3. The molecule has 2 amide bonds. The molecule has 2 fully saturated rings. The smallest absolute Gasteiger partial charge is 0.393 e. The van der Waals surface area contributed by atoms with Gasteiger partial charge < -0.3 is 15.7 Å². The molecule has 0 bridgehead atoms. The summed E-state index contributed by atoms with van der Waals surface area (Å²) in [6.45, 7) is 1.62. The Bertz CT molecular complexity index is 1010. The number of aromatic nitrogens is 2. The van der Waals surface area contributed by atoms with Gasteiger partial charge in [-0.3, -0.25) is 14.3 Å². The van der Waals surface area contributed by atoms with Crippen LogP contribution in [0.5, 0.6) is 0 Å². The van der Waals surface area contributed by atoms with Crippen LogP contribution in [0.4, 0.5) is 13.2 Å². The fourth-order valence-corrected chi connectivity index (χ4v) is 4.47. The Balaban J connectivity index is 1.63. The van der Waals surface area contributed by atoms with Crippen molar-refractivity contribution < 1.29 is 27.9 Å². The number of carbonyl (C=O) groups is 2. The van der Waals surface area contributed by atoms with E-state index < -0.39 is 29.6 Å². The van der Waals surface area contributed by atoms with Crippen molar-refractivity contribution >= 4 is 11.8 Å². The highest BCUT2D eigenvalue weighted by molar-refractivity contribution is 5.98. The largest absolute Gasteiger partial charge is 0.416 e. The molecule has 7 nitrogen and oxygen atoms in total. The van der Waals surface area contributed by atoms with E-state index in [4.69, 9.17) is 0 Å². The van der Waals surface area contributed by atoms with Crippen LogP contribution in [0.15, 0.2) is 30.3 Å². The van der Waals surface area contributed by atoms with Crippen LogP contribution < -0.4 is 10.6 Å². The van der Waals surface area contributed by atoms with Crippen LogP contribution in [0.25, 0.3) is 0 Å². The van der Waals surface area contributed by atoms with E-state index >= 15 is 0 Å². The summed E-state index contributed by atoms with van der Waals surface area (Å²) in [4.78, 5) is 25.0. The molecule has 31 heavy (non-hydrogen) atoms. The molecule has 2 aromatic rings. The van der Waals surface area contributed by atoms with E-state index in [1.165, 1.54) is 29.9 Å². The highest BCUT2D eigenvalue weighted by atomic mass is 19.4. The fraction of sp³-hybridized carbons (Fsp3) is 0.476. The predicted octanol–water partition coefficient (Wildman–Crippen LogP) is 2.37. The highest BCUT2D eigenvalue weighted by Gasteiger charge is 2.56. The quantitative estimate of drug-likeness (QED) is 0.671. The van der Waals surface area contributed by atoms with Gasteiger partial charge in [0.15, 0.2) is 5.69 Å². The molecule has 1 aromatic heterocycles. The number of nitrogens with one attached hydrogen (secondary N) is 2. The number of hydrogen-bond donors (Lipinski definition) is 3.